The molecule has 1 aliphatic rings. The summed E-state index contributed by atoms with van der Waals surface area (Å²) in [4.78, 5) is 31.4. The van der Waals surface area contributed by atoms with E-state index in [0.29, 0.717) is 5.82 Å². The first-order valence-corrected chi connectivity index (χ1v) is 8.89. The third-order valence-corrected chi connectivity index (χ3v) is 5.32. The molecule has 0 unspecified atom stereocenters. The van der Waals surface area contributed by atoms with Crippen LogP contribution in [-0.2, 0) is 9.84 Å². The lowest BCUT2D eigenvalue weighted by Gasteiger charge is -2.09. The number of rotatable bonds is 3. The summed E-state index contributed by atoms with van der Waals surface area (Å²) >= 11 is 1.42. The Labute approximate surface area is 129 Å². The van der Waals surface area contributed by atoms with Gasteiger partial charge in [-0.2, -0.15) is 0 Å². The van der Waals surface area contributed by atoms with Crippen molar-refractivity contribution in [3.63, 3.8) is 0 Å². The molecule has 2 N–H and O–H groups in total. The van der Waals surface area contributed by atoms with Gasteiger partial charge in [-0.3, -0.25) is 9.59 Å². The Morgan fingerprint density at radius 3 is 2.86 bits per heavy atom. The van der Waals surface area contributed by atoms with Crippen LogP contribution in [0.1, 0.15) is 10.4 Å². The van der Waals surface area contributed by atoms with Gasteiger partial charge in [-0.25, -0.2) is 13.4 Å². The van der Waals surface area contributed by atoms with E-state index in [1.165, 1.54) is 23.6 Å². The summed E-state index contributed by atoms with van der Waals surface area (Å²) in [6, 6.07) is 3.00. The maximum Gasteiger partial charge on any atom is 0.264 e. The van der Waals surface area contributed by atoms with Gasteiger partial charge in [0.05, 0.1) is 16.7 Å². The van der Waals surface area contributed by atoms with E-state index in [1.54, 1.807) is 6.07 Å². The van der Waals surface area contributed by atoms with Gasteiger partial charge in [0.15, 0.2) is 9.84 Å². The summed E-state index contributed by atoms with van der Waals surface area (Å²) in [6.45, 7) is 0. The molecule has 0 radical (unpaired) electrons. The van der Waals surface area contributed by atoms with Gasteiger partial charge in [0, 0.05) is 11.6 Å². The zero-order chi connectivity index (χ0) is 15.7. The fourth-order valence-corrected chi connectivity index (χ4v) is 3.92. The molecule has 1 aliphatic heterocycles. The Bertz CT molecular complexity index is 898. The highest BCUT2D eigenvalue weighted by Gasteiger charge is 2.24. The molecule has 3 heterocycles. The first-order valence-electron chi connectivity index (χ1n) is 6.30. The minimum atomic E-state index is -3.27. The molecular formula is C13H11N3O4S2. The second-order valence-corrected chi connectivity index (χ2v) is 7.57. The first-order chi connectivity index (χ1) is 10.4. The lowest BCUT2D eigenvalue weighted by molar-refractivity contribution is 0.0946. The van der Waals surface area contributed by atoms with Gasteiger partial charge in [0.2, 0.25) is 0 Å². The monoisotopic (exact) mass is 337 g/mol. The van der Waals surface area contributed by atoms with Crippen LogP contribution in [-0.4, -0.2) is 36.1 Å². The number of nitrogens with one attached hydrogen (secondary N) is 2. The van der Waals surface area contributed by atoms with E-state index in [4.69, 9.17) is 0 Å². The van der Waals surface area contributed by atoms with Crippen LogP contribution in [0.4, 0.5) is 0 Å². The smallest absolute Gasteiger partial charge is 0.264 e. The third kappa shape index (κ3) is 3.00. The van der Waals surface area contributed by atoms with Gasteiger partial charge in [0.1, 0.15) is 11.4 Å². The number of hydrogen-bond donors (Lipinski definition) is 2. The Morgan fingerprint density at radius 2 is 2.27 bits per heavy atom. The predicted octanol–water partition coefficient (Wildman–Crippen LogP) is 0.539. The molecule has 1 atom stereocenters. The van der Waals surface area contributed by atoms with E-state index in [9.17, 15) is 18.0 Å². The highest BCUT2D eigenvalue weighted by molar-refractivity contribution is 7.94. The van der Waals surface area contributed by atoms with Crippen molar-refractivity contribution in [1.29, 1.82) is 0 Å². The second kappa shape index (κ2) is 5.50. The van der Waals surface area contributed by atoms with Gasteiger partial charge in [-0.05, 0) is 17.5 Å². The van der Waals surface area contributed by atoms with Crippen LogP contribution >= 0.6 is 11.3 Å². The van der Waals surface area contributed by atoms with Crippen LogP contribution in [0.2, 0.25) is 0 Å². The van der Waals surface area contributed by atoms with Crippen molar-refractivity contribution in [2.45, 2.75) is 6.04 Å². The van der Waals surface area contributed by atoms with Crippen molar-refractivity contribution < 1.29 is 13.2 Å². The number of nitrogens with zero attached hydrogens (tertiary/aromatic N) is 1. The normalized spacial score (nSPS) is 19.2. The number of thiophene rings is 1. The van der Waals surface area contributed by atoms with Crippen molar-refractivity contribution in [1.82, 2.24) is 15.3 Å². The van der Waals surface area contributed by atoms with Crippen molar-refractivity contribution in [2.24, 2.45) is 0 Å². The maximum absolute atomic E-state index is 12.0. The van der Waals surface area contributed by atoms with Crippen molar-refractivity contribution in [2.75, 3.05) is 5.75 Å². The minimum absolute atomic E-state index is 0.155. The molecule has 0 bridgehead atoms. The number of aromatic amines is 1. The summed E-state index contributed by atoms with van der Waals surface area (Å²) in [5.74, 6) is -0.463. The molecule has 0 saturated carbocycles. The Morgan fingerprint density at radius 1 is 1.45 bits per heavy atom. The van der Waals surface area contributed by atoms with Crippen LogP contribution in [0.15, 0.2) is 40.0 Å². The molecule has 0 spiro atoms. The fraction of sp³-hybridized carbons (Fsp3) is 0.154. The molecule has 3 rings (SSSR count). The predicted molar refractivity (Wildman–Crippen MR) is 82.4 cm³/mol. The van der Waals surface area contributed by atoms with Gasteiger partial charge in [-0.15, -0.1) is 11.3 Å². The summed E-state index contributed by atoms with van der Waals surface area (Å²) in [7, 11) is -3.27. The van der Waals surface area contributed by atoms with E-state index in [2.05, 4.69) is 15.3 Å². The molecule has 9 heteroatoms. The van der Waals surface area contributed by atoms with Gasteiger partial charge in [0.25, 0.3) is 11.5 Å². The van der Waals surface area contributed by atoms with Crippen molar-refractivity contribution in [3.05, 3.63) is 51.1 Å². The third-order valence-electron chi connectivity index (χ3n) is 3.05. The average molecular weight is 337 g/mol. The molecule has 2 aromatic rings. The lowest BCUT2D eigenvalue weighted by Crippen LogP contribution is -2.38. The summed E-state index contributed by atoms with van der Waals surface area (Å²) < 4.78 is 22.6. The summed E-state index contributed by atoms with van der Waals surface area (Å²) in [5.41, 5.74) is -0.723. The van der Waals surface area contributed by atoms with E-state index in [-0.39, 0.29) is 11.3 Å². The molecule has 0 aliphatic carbocycles. The average Bonchev–Trinajstić information content (AvgIpc) is 3.08. The minimum Gasteiger partial charge on any atom is -0.345 e. The number of sulfone groups is 1. The van der Waals surface area contributed by atoms with Gasteiger partial charge >= 0.3 is 0 Å². The highest BCUT2D eigenvalue weighted by atomic mass is 32.2. The Kier molecular flexibility index (Phi) is 3.67. The number of amides is 1. The Hall–Kier alpha value is -2.26. The van der Waals surface area contributed by atoms with Crippen LogP contribution in [0.25, 0.3) is 10.7 Å². The first kappa shape index (κ1) is 14.7. The van der Waals surface area contributed by atoms with Crippen molar-refractivity contribution >= 4 is 27.1 Å². The molecule has 0 saturated heterocycles. The number of carbonyl (C=O) groups excluding carboxylic acids is 1. The molecule has 1 amide bonds. The summed E-state index contributed by atoms with van der Waals surface area (Å²) in [5, 5.41) is 5.39. The molecule has 0 aromatic carbocycles. The standard InChI is InChI=1S/C13H11N3O4S2/c17-12(15-8-3-5-22(19,20)7-8)9-6-14-11(16-13(9)18)10-2-1-4-21-10/h1-6,8H,7H2,(H,15,17)(H,14,16,18)/t8-/m0/s1. The van der Waals surface area contributed by atoms with Gasteiger partial charge in [-0.1, -0.05) is 6.07 Å². The van der Waals surface area contributed by atoms with E-state index in [1.807, 2.05) is 11.4 Å². The van der Waals surface area contributed by atoms with Crippen LogP contribution in [0, 0.1) is 0 Å². The SMILES string of the molecule is O=C(N[C@H]1C=CS(=O)(=O)C1)c1cnc(-c2cccs2)[nH]c1=O. The molecular weight excluding hydrogens is 326 g/mol. The number of hydrogen-bond acceptors (Lipinski definition) is 6. The fourth-order valence-electron chi connectivity index (χ4n) is 2.01. The highest BCUT2D eigenvalue weighted by Crippen LogP contribution is 2.19. The van der Waals surface area contributed by atoms with E-state index < -0.39 is 27.3 Å². The molecule has 0 fully saturated rings. The Balaban J connectivity index is 1.79. The molecule has 7 nitrogen and oxygen atoms in total. The van der Waals surface area contributed by atoms with Crippen LogP contribution in [0.5, 0.6) is 0 Å². The van der Waals surface area contributed by atoms with E-state index in [0.717, 1.165) is 10.3 Å². The number of H-pyrrole nitrogens is 1. The molecule has 2 aromatic heterocycles. The molecule has 22 heavy (non-hydrogen) atoms. The zero-order valence-corrected chi connectivity index (χ0v) is 12.8. The van der Waals surface area contributed by atoms with Gasteiger partial charge < -0.3 is 10.3 Å². The van der Waals surface area contributed by atoms with Crippen molar-refractivity contribution in [3.8, 4) is 10.7 Å². The molecule has 114 valence electrons. The lowest BCUT2D eigenvalue weighted by atomic mass is 10.2. The maximum atomic E-state index is 12.0. The van der Waals surface area contributed by atoms with Crippen LogP contribution in [0.3, 0.4) is 0 Å². The second-order valence-electron chi connectivity index (χ2n) is 4.69. The number of carbonyl (C=O) groups is 1. The quantitative estimate of drug-likeness (QED) is 0.849. The topological polar surface area (TPSA) is 109 Å². The zero-order valence-electron chi connectivity index (χ0n) is 11.1. The largest absolute Gasteiger partial charge is 0.345 e. The van der Waals surface area contributed by atoms with Crippen LogP contribution < -0.4 is 10.9 Å². The van der Waals surface area contributed by atoms with E-state index >= 15 is 0 Å². The summed E-state index contributed by atoms with van der Waals surface area (Å²) in [6.07, 6.45) is 2.57. The number of aromatic nitrogens is 2.